The first-order valence-electron chi connectivity index (χ1n) is 5.55. The van der Waals surface area contributed by atoms with Crippen LogP contribution < -0.4 is 5.32 Å². The Morgan fingerprint density at radius 1 is 1.56 bits per heavy atom. The number of aromatic amines is 1. The maximum Gasteiger partial charge on any atom is 0.273 e. The van der Waals surface area contributed by atoms with Crippen molar-refractivity contribution in [3.63, 3.8) is 0 Å². The predicted molar refractivity (Wildman–Crippen MR) is 60.3 cm³/mol. The van der Waals surface area contributed by atoms with Gasteiger partial charge in [-0.1, -0.05) is 12.8 Å². The molecular weight excluding hydrogens is 228 g/mol. The summed E-state index contributed by atoms with van der Waals surface area (Å²) in [4.78, 5) is 11.6. The number of aromatic nitrogens is 3. The number of hydrogen-bond acceptors (Lipinski definition) is 3. The molecule has 1 saturated carbocycles. The van der Waals surface area contributed by atoms with Gasteiger partial charge >= 0.3 is 0 Å². The van der Waals surface area contributed by atoms with Crippen LogP contribution in [0.1, 0.15) is 36.2 Å². The lowest BCUT2D eigenvalue weighted by atomic mass is 9.89. The molecule has 0 aromatic carbocycles. The molecule has 5 nitrogen and oxygen atoms in total. The third-order valence-corrected chi connectivity index (χ3v) is 3.56. The predicted octanol–water partition coefficient (Wildman–Crippen LogP) is 1.33. The fourth-order valence-corrected chi connectivity index (χ4v) is 2.39. The van der Waals surface area contributed by atoms with E-state index in [1.54, 1.807) is 0 Å². The number of nitrogens with one attached hydrogen (secondary N) is 2. The van der Waals surface area contributed by atoms with E-state index in [4.69, 9.17) is 11.6 Å². The van der Waals surface area contributed by atoms with Crippen LogP contribution in [-0.4, -0.2) is 33.2 Å². The molecule has 1 aromatic rings. The van der Waals surface area contributed by atoms with Crippen molar-refractivity contribution in [2.45, 2.75) is 31.1 Å². The van der Waals surface area contributed by atoms with Crippen LogP contribution in [-0.2, 0) is 0 Å². The third-order valence-electron chi connectivity index (χ3n) is 2.99. The van der Waals surface area contributed by atoms with Gasteiger partial charge in [-0.2, -0.15) is 15.4 Å². The molecule has 0 bridgehead atoms. The van der Waals surface area contributed by atoms with Gasteiger partial charge in [-0.15, -0.1) is 11.6 Å². The lowest BCUT2D eigenvalue weighted by Crippen LogP contribution is -2.34. The molecule has 1 amide bonds. The molecule has 0 aliphatic heterocycles. The second-order valence-corrected chi connectivity index (χ2v) is 4.69. The van der Waals surface area contributed by atoms with E-state index in [1.807, 2.05) is 0 Å². The Kier molecular flexibility index (Phi) is 3.77. The Balaban J connectivity index is 1.80. The molecule has 0 spiro atoms. The quantitative estimate of drug-likeness (QED) is 0.786. The fourth-order valence-electron chi connectivity index (χ4n) is 2.02. The molecule has 6 heteroatoms. The lowest BCUT2D eigenvalue weighted by molar-refractivity contribution is 0.0939. The van der Waals surface area contributed by atoms with Gasteiger partial charge < -0.3 is 5.32 Å². The van der Waals surface area contributed by atoms with Gasteiger partial charge in [-0.25, -0.2) is 0 Å². The highest BCUT2D eigenvalue weighted by Gasteiger charge is 2.23. The minimum absolute atomic E-state index is 0.186. The van der Waals surface area contributed by atoms with Crippen LogP contribution in [0.15, 0.2) is 6.20 Å². The number of amides is 1. The summed E-state index contributed by atoms with van der Waals surface area (Å²) in [5, 5.41) is 12.7. The molecule has 0 radical (unpaired) electrons. The van der Waals surface area contributed by atoms with Gasteiger partial charge in [-0.05, 0) is 18.8 Å². The number of H-pyrrole nitrogens is 1. The van der Waals surface area contributed by atoms with E-state index in [0.717, 1.165) is 12.8 Å². The first-order chi connectivity index (χ1) is 7.77. The maximum absolute atomic E-state index is 11.6. The highest BCUT2D eigenvalue weighted by atomic mass is 35.5. The van der Waals surface area contributed by atoms with Crippen LogP contribution in [0.25, 0.3) is 0 Å². The molecule has 1 fully saturated rings. The number of hydrogen-bond donors (Lipinski definition) is 2. The zero-order valence-corrected chi connectivity index (χ0v) is 9.70. The average molecular weight is 243 g/mol. The number of nitrogens with zero attached hydrogens (tertiary/aromatic N) is 2. The van der Waals surface area contributed by atoms with Gasteiger partial charge in [-0.3, -0.25) is 4.79 Å². The zero-order valence-electron chi connectivity index (χ0n) is 8.95. The molecule has 0 saturated heterocycles. The number of carbonyl (C=O) groups excluding carboxylic acids is 1. The normalized spacial score (nSPS) is 25.3. The highest BCUT2D eigenvalue weighted by Crippen LogP contribution is 2.27. The van der Waals surface area contributed by atoms with Crippen LogP contribution in [0, 0.1) is 5.92 Å². The Morgan fingerprint density at radius 3 is 3.06 bits per heavy atom. The molecule has 1 aliphatic carbocycles. The second kappa shape index (κ2) is 5.30. The molecule has 2 unspecified atom stereocenters. The standard InChI is InChI=1S/C10H15ClN4O/c11-8-4-2-1-3-7(8)5-12-10(16)9-6-13-15-14-9/h6-8H,1-5H2,(H,12,16)(H,13,14,15). The van der Waals surface area contributed by atoms with Crippen LogP contribution in [0.3, 0.4) is 0 Å². The van der Waals surface area contributed by atoms with Crippen molar-refractivity contribution >= 4 is 17.5 Å². The minimum Gasteiger partial charge on any atom is -0.350 e. The van der Waals surface area contributed by atoms with Crippen molar-refractivity contribution in [2.75, 3.05) is 6.54 Å². The van der Waals surface area contributed by atoms with Crippen molar-refractivity contribution in [1.29, 1.82) is 0 Å². The summed E-state index contributed by atoms with van der Waals surface area (Å²) in [5.74, 6) is 0.189. The smallest absolute Gasteiger partial charge is 0.273 e. The van der Waals surface area contributed by atoms with Gasteiger partial charge in [0, 0.05) is 11.9 Å². The Labute approximate surface area is 98.9 Å². The van der Waals surface area contributed by atoms with E-state index in [9.17, 15) is 4.79 Å². The summed E-state index contributed by atoms with van der Waals surface area (Å²) in [6.07, 6.45) is 5.95. The van der Waals surface area contributed by atoms with Crippen LogP contribution >= 0.6 is 11.6 Å². The number of rotatable bonds is 3. The molecule has 16 heavy (non-hydrogen) atoms. The van der Waals surface area contributed by atoms with Crippen molar-refractivity contribution < 1.29 is 4.79 Å². The molecule has 2 rings (SSSR count). The highest BCUT2D eigenvalue weighted by molar-refractivity contribution is 6.20. The lowest BCUT2D eigenvalue weighted by Gasteiger charge is -2.26. The molecule has 1 heterocycles. The molecule has 88 valence electrons. The van der Waals surface area contributed by atoms with Gasteiger partial charge in [0.05, 0.1) is 6.20 Å². The van der Waals surface area contributed by atoms with E-state index in [2.05, 4.69) is 20.7 Å². The first-order valence-corrected chi connectivity index (χ1v) is 5.99. The first kappa shape index (κ1) is 11.4. The van der Waals surface area contributed by atoms with E-state index in [0.29, 0.717) is 18.2 Å². The summed E-state index contributed by atoms with van der Waals surface area (Å²) < 4.78 is 0. The Hall–Kier alpha value is -1.10. The summed E-state index contributed by atoms with van der Waals surface area (Å²) in [6.45, 7) is 0.625. The average Bonchev–Trinajstić information content (AvgIpc) is 2.81. The molecular formula is C10H15ClN4O. The molecule has 1 aromatic heterocycles. The minimum atomic E-state index is -0.191. The topological polar surface area (TPSA) is 70.7 Å². The van der Waals surface area contributed by atoms with Crippen LogP contribution in [0.4, 0.5) is 0 Å². The molecule has 2 N–H and O–H groups in total. The van der Waals surface area contributed by atoms with Crippen molar-refractivity contribution in [3.05, 3.63) is 11.9 Å². The van der Waals surface area contributed by atoms with E-state index >= 15 is 0 Å². The van der Waals surface area contributed by atoms with Crippen molar-refractivity contribution in [1.82, 2.24) is 20.7 Å². The molecule has 1 aliphatic rings. The monoisotopic (exact) mass is 242 g/mol. The number of carbonyl (C=O) groups is 1. The van der Waals surface area contributed by atoms with E-state index in [1.165, 1.54) is 19.0 Å². The third kappa shape index (κ3) is 2.72. The van der Waals surface area contributed by atoms with Gasteiger partial charge in [0.25, 0.3) is 5.91 Å². The van der Waals surface area contributed by atoms with E-state index < -0.39 is 0 Å². The Morgan fingerprint density at radius 2 is 2.38 bits per heavy atom. The van der Waals surface area contributed by atoms with Crippen molar-refractivity contribution in [3.8, 4) is 0 Å². The maximum atomic E-state index is 11.6. The zero-order chi connectivity index (χ0) is 11.4. The van der Waals surface area contributed by atoms with Gasteiger partial charge in [0.2, 0.25) is 0 Å². The van der Waals surface area contributed by atoms with Gasteiger partial charge in [0.15, 0.2) is 5.69 Å². The number of halogens is 1. The summed E-state index contributed by atoms with van der Waals surface area (Å²) in [6, 6.07) is 0. The second-order valence-electron chi connectivity index (χ2n) is 4.13. The van der Waals surface area contributed by atoms with Gasteiger partial charge in [0.1, 0.15) is 0 Å². The van der Waals surface area contributed by atoms with Crippen LogP contribution in [0.2, 0.25) is 0 Å². The SMILES string of the molecule is O=C(NCC1CCCCC1Cl)c1cn[nH]n1. The van der Waals surface area contributed by atoms with Crippen molar-refractivity contribution in [2.24, 2.45) is 5.92 Å². The molecule has 2 atom stereocenters. The Bertz CT molecular complexity index is 341. The fraction of sp³-hybridized carbons (Fsp3) is 0.700. The van der Waals surface area contributed by atoms with Crippen LogP contribution in [0.5, 0.6) is 0 Å². The summed E-state index contributed by atoms with van der Waals surface area (Å²) in [5.41, 5.74) is 0.321. The largest absolute Gasteiger partial charge is 0.350 e. The summed E-state index contributed by atoms with van der Waals surface area (Å²) >= 11 is 6.21. The van der Waals surface area contributed by atoms with E-state index in [-0.39, 0.29) is 11.3 Å². The summed E-state index contributed by atoms with van der Waals surface area (Å²) in [7, 11) is 0. The number of alkyl halides is 1.